The Labute approximate surface area is 149 Å². The summed E-state index contributed by atoms with van der Waals surface area (Å²) in [5, 5.41) is 19.1. The van der Waals surface area contributed by atoms with Gasteiger partial charge in [-0.25, -0.2) is 9.36 Å². The summed E-state index contributed by atoms with van der Waals surface area (Å²) in [4.78, 5) is 35.3. The van der Waals surface area contributed by atoms with Gasteiger partial charge in [-0.1, -0.05) is 11.2 Å². The predicted octanol–water partition coefficient (Wildman–Crippen LogP) is 2.12. The van der Waals surface area contributed by atoms with E-state index in [4.69, 9.17) is 4.74 Å². The van der Waals surface area contributed by atoms with Crippen molar-refractivity contribution < 1.29 is 19.0 Å². The first-order valence-electron chi connectivity index (χ1n) is 7.22. The van der Waals surface area contributed by atoms with Crippen molar-refractivity contribution in [3.05, 3.63) is 56.4 Å². The zero-order valence-corrected chi connectivity index (χ0v) is 14.2. The van der Waals surface area contributed by atoms with Crippen LogP contribution in [0.4, 0.5) is 11.4 Å². The van der Waals surface area contributed by atoms with E-state index in [-0.39, 0.29) is 22.9 Å². The maximum atomic E-state index is 12.3. The van der Waals surface area contributed by atoms with Crippen molar-refractivity contribution in [2.24, 2.45) is 0 Å². The average Bonchev–Trinajstić information content (AvgIpc) is 3.26. The molecular formula is C15H12N4O6S. The molecule has 0 saturated carbocycles. The fourth-order valence-electron chi connectivity index (χ4n) is 2.22. The van der Waals surface area contributed by atoms with E-state index >= 15 is 0 Å². The number of methoxy groups -OCH3 is 1. The summed E-state index contributed by atoms with van der Waals surface area (Å²) < 4.78 is 10.6. The molecule has 0 fully saturated rings. The van der Waals surface area contributed by atoms with Crippen molar-refractivity contribution in [3.8, 4) is 16.5 Å². The van der Waals surface area contributed by atoms with Gasteiger partial charge in [-0.3, -0.25) is 19.4 Å². The number of anilines is 1. The quantitative estimate of drug-likeness (QED) is 0.515. The van der Waals surface area contributed by atoms with Gasteiger partial charge < -0.3 is 10.1 Å². The van der Waals surface area contributed by atoms with Crippen LogP contribution in [-0.2, 0) is 11.3 Å². The van der Waals surface area contributed by atoms with E-state index in [1.807, 2.05) is 0 Å². The number of rotatable bonds is 6. The zero-order chi connectivity index (χ0) is 18.7. The Morgan fingerprint density at radius 2 is 2.27 bits per heavy atom. The summed E-state index contributed by atoms with van der Waals surface area (Å²) in [6.45, 7) is -0.404. The summed E-state index contributed by atoms with van der Waals surface area (Å²) in [5.74, 6) is -0.941. The highest BCUT2D eigenvalue weighted by Crippen LogP contribution is 2.29. The Hall–Kier alpha value is -3.47. The third-order valence-corrected chi connectivity index (χ3v) is 4.27. The summed E-state index contributed by atoms with van der Waals surface area (Å²) in [7, 11) is 1.38. The Morgan fingerprint density at radius 3 is 2.92 bits per heavy atom. The SMILES string of the molecule is COc1ccc(NC(=O)Cn2c(-c3cccs3)noc2=O)c([N+](=O)[O-])c1. The second-order valence-electron chi connectivity index (χ2n) is 5.02. The molecule has 0 atom stereocenters. The highest BCUT2D eigenvalue weighted by molar-refractivity contribution is 7.13. The number of nitro benzene ring substituents is 1. The Morgan fingerprint density at radius 1 is 1.46 bits per heavy atom. The highest BCUT2D eigenvalue weighted by Gasteiger charge is 2.20. The van der Waals surface area contributed by atoms with Gasteiger partial charge in [0, 0.05) is 0 Å². The predicted molar refractivity (Wildman–Crippen MR) is 92.4 cm³/mol. The Bertz CT molecular complexity index is 1010. The van der Waals surface area contributed by atoms with E-state index in [1.54, 1.807) is 17.5 Å². The van der Waals surface area contributed by atoms with Crippen LogP contribution in [0.15, 0.2) is 45.0 Å². The fourth-order valence-corrected chi connectivity index (χ4v) is 2.93. The normalized spacial score (nSPS) is 10.5. The maximum Gasteiger partial charge on any atom is 0.442 e. The van der Waals surface area contributed by atoms with Crippen molar-refractivity contribution >= 4 is 28.6 Å². The monoisotopic (exact) mass is 376 g/mol. The van der Waals surface area contributed by atoms with Crippen LogP contribution in [0.5, 0.6) is 5.75 Å². The molecule has 1 aromatic carbocycles. The molecule has 0 spiro atoms. The minimum absolute atomic E-state index is 0.0111. The van der Waals surface area contributed by atoms with Gasteiger partial charge in [-0.2, -0.15) is 0 Å². The molecule has 11 heteroatoms. The summed E-state index contributed by atoms with van der Waals surface area (Å²) >= 11 is 1.33. The smallest absolute Gasteiger partial charge is 0.442 e. The fraction of sp³-hybridized carbons (Fsp3) is 0.133. The minimum Gasteiger partial charge on any atom is -0.496 e. The molecule has 3 aromatic rings. The molecule has 134 valence electrons. The second-order valence-corrected chi connectivity index (χ2v) is 5.97. The number of nitro groups is 1. The second kappa shape index (κ2) is 7.19. The number of amides is 1. The molecule has 26 heavy (non-hydrogen) atoms. The number of thiophene rings is 1. The standard InChI is InChI=1S/C15H12N4O6S/c1-24-9-4-5-10(11(7-9)19(22)23)16-13(20)8-18-14(17-25-15(18)21)12-3-2-6-26-12/h2-7H,8H2,1H3,(H,16,20). The van der Waals surface area contributed by atoms with E-state index in [0.717, 1.165) is 4.57 Å². The van der Waals surface area contributed by atoms with Crippen molar-refractivity contribution in [1.29, 1.82) is 0 Å². The molecule has 1 amide bonds. The van der Waals surface area contributed by atoms with E-state index in [9.17, 15) is 19.7 Å². The lowest BCUT2D eigenvalue weighted by atomic mass is 10.2. The van der Waals surface area contributed by atoms with Crippen molar-refractivity contribution in [2.75, 3.05) is 12.4 Å². The van der Waals surface area contributed by atoms with E-state index in [0.29, 0.717) is 4.88 Å². The van der Waals surface area contributed by atoms with Gasteiger partial charge in [0.15, 0.2) is 5.82 Å². The number of aromatic nitrogens is 2. The molecule has 3 rings (SSSR count). The number of hydrogen-bond acceptors (Lipinski definition) is 8. The van der Waals surface area contributed by atoms with Crippen molar-refractivity contribution in [2.45, 2.75) is 6.54 Å². The number of hydrogen-bond donors (Lipinski definition) is 1. The zero-order valence-electron chi connectivity index (χ0n) is 13.4. The van der Waals surface area contributed by atoms with Crippen LogP contribution in [0.25, 0.3) is 10.7 Å². The molecule has 2 heterocycles. The first kappa shape index (κ1) is 17.4. The number of ether oxygens (including phenoxy) is 1. The lowest BCUT2D eigenvalue weighted by Crippen LogP contribution is -2.25. The topological polar surface area (TPSA) is 130 Å². The highest BCUT2D eigenvalue weighted by atomic mass is 32.1. The lowest BCUT2D eigenvalue weighted by Gasteiger charge is -2.08. The summed E-state index contributed by atoms with van der Waals surface area (Å²) in [5.41, 5.74) is -0.336. The molecule has 0 aliphatic carbocycles. The number of benzene rings is 1. The number of nitrogens with one attached hydrogen (secondary N) is 1. The van der Waals surface area contributed by atoms with E-state index in [2.05, 4.69) is 15.0 Å². The van der Waals surface area contributed by atoms with Gasteiger partial charge in [0.25, 0.3) is 5.69 Å². The molecule has 0 unspecified atom stereocenters. The van der Waals surface area contributed by atoms with Gasteiger partial charge in [-0.15, -0.1) is 11.3 Å². The van der Waals surface area contributed by atoms with Gasteiger partial charge in [-0.05, 0) is 23.6 Å². The van der Waals surface area contributed by atoms with Crippen molar-refractivity contribution in [1.82, 2.24) is 9.72 Å². The van der Waals surface area contributed by atoms with Crippen LogP contribution >= 0.6 is 11.3 Å². The molecule has 0 radical (unpaired) electrons. The first-order valence-corrected chi connectivity index (χ1v) is 8.10. The van der Waals surface area contributed by atoms with Crippen LogP contribution in [0, 0.1) is 10.1 Å². The largest absolute Gasteiger partial charge is 0.496 e. The van der Waals surface area contributed by atoms with Crippen LogP contribution in [0.2, 0.25) is 0 Å². The van der Waals surface area contributed by atoms with Crippen LogP contribution in [-0.4, -0.2) is 27.7 Å². The van der Waals surface area contributed by atoms with E-state index < -0.39 is 23.1 Å². The molecule has 0 bridgehead atoms. The van der Waals surface area contributed by atoms with Crippen LogP contribution in [0.1, 0.15) is 0 Å². The maximum absolute atomic E-state index is 12.3. The van der Waals surface area contributed by atoms with Gasteiger partial charge in [0.05, 0.1) is 23.0 Å². The molecule has 1 N–H and O–H groups in total. The van der Waals surface area contributed by atoms with Gasteiger partial charge in [0.1, 0.15) is 18.0 Å². The molecule has 2 aromatic heterocycles. The van der Waals surface area contributed by atoms with Crippen molar-refractivity contribution in [3.63, 3.8) is 0 Å². The molecular weight excluding hydrogens is 364 g/mol. The molecule has 0 saturated heterocycles. The third kappa shape index (κ3) is 3.47. The number of carbonyl (C=O) groups excluding carboxylic acids is 1. The lowest BCUT2D eigenvalue weighted by molar-refractivity contribution is -0.384. The Kier molecular flexibility index (Phi) is 4.80. The molecule has 0 aliphatic rings. The summed E-state index contributed by atoms with van der Waals surface area (Å²) in [6.07, 6.45) is 0. The van der Waals surface area contributed by atoms with Crippen LogP contribution in [0.3, 0.4) is 0 Å². The molecule has 0 aliphatic heterocycles. The average molecular weight is 376 g/mol. The van der Waals surface area contributed by atoms with Gasteiger partial charge in [0.2, 0.25) is 5.91 Å². The minimum atomic E-state index is -0.798. The molecule has 10 nitrogen and oxygen atoms in total. The summed E-state index contributed by atoms with van der Waals surface area (Å²) in [6, 6.07) is 7.52. The van der Waals surface area contributed by atoms with Gasteiger partial charge >= 0.3 is 5.76 Å². The first-order chi connectivity index (χ1) is 12.5. The number of nitrogens with zero attached hydrogens (tertiary/aromatic N) is 3. The van der Waals surface area contributed by atoms with Crippen LogP contribution < -0.4 is 15.8 Å². The third-order valence-electron chi connectivity index (χ3n) is 3.41. The number of carbonyl (C=O) groups is 1. The van der Waals surface area contributed by atoms with E-state index in [1.165, 1.54) is 36.6 Å². The Balaban J connectivity index is 1.84.